The number of H-pyrrole nitrogens is 1. The fraction of sp³-hybridized carbons (Fsp3) is 0.308. The van der Waals surface area contributed by atoms with E-state index in [1.807, 2.05) is 19.9 Å². The molecule has 0 spiro atoms. The Morgan fingerprint density at radius 1 is 1.45 bits per heavy atom. The van der Waals surface area contributed by atoms with Gasteiger partial charge in [0.1, 0.15) is 5.82 Å². The van der Waals surface area contributed by atoms with Crippen molar-refractivity contribution in [1.82, 2.24) is 15.0 Å². The number of nitrogens with one attached hydrogen (secondary N) is 2. The van der Waals surface area contributed by atoms with Crippen molar-refractivity contribution in [2.24, 2.45) is 0 Å². The summed E-state index contributed by atoms with van der Waals surface area (Å²) in [4.78, 5) is 23.1. The van der Waals surface area contributed by atoms with Crippen LogP contribution in [0.25, 0.3) is 0 Å². The summed E-state index contributed by atoms with van der Waals surface area (Å²) in [6.07, 6.45) is 1.61. The van der Waals surface area contributed by atoms with Crippen LogP contribution in [-0.2, 0) is 0 Å². The van der Waals surface area contributed by atoms with Crippen LogP contribution in [0.5, 0.6) is 0 Å². The minimum Gasteiger partial charge on any atom is -0.376 e. The van der Waals surface area contributed by atoms with Crippen molar-refractivity contribution in [3.63, 3.8) is 0 Å². The molecule has 20 heavy (non-hydrogen) atoms. The molecule has 2 heterocycles. The Kier molecular flexibility index (Phi) is 4.45. The van der Waals surface area contributed by atoms with Gasteiger partial charge in [-0.2, -0.15) is 0 Å². The molecule has 5 nitrogen and oxygen atoms in total. The smallest absolute Gasteiger partial charge is 0.256 e. The first-order chi connectivity index (χ1) is 9.38. The molecular formula is C13H14BrClN4O. The average molecular weight is 358 g/mol. The molecule has 2 aromatic heterocycles. The van der Waals surface area contributed by atoms with Crippen LogP contribution in [0, 0.1) is 13.8 Å². The van der Waals surface area contributed by atoms with Gasteiger partial charge in [-0.05, 0) is 42.8 Å². The minimum absolute atomic E-state index is 0.144. The van der Waals surface area contributed by atoms with Crippen LogP contribution < -0.4 is 10.9 Å². The zero-order valence-electron chi connectivity index (χ0n) is 11.3. The number of hydrogen-bond donors (Lipinski definition) is 2. The van der Waals surface area contributed by atoms with E-state index < -0.39 is 0 Å². The van der Waals surface area contributed by atoms with E-state index in [1.54, 1.807) is 13.1 Å². The van der Waals surface area contributed by atoms with Crippen LogP contribution in [0.4, 0.5) is 5.69 Å². The maximum Gasteiger partial charge on any atom is 0.256 e. The number of hydrogen-bond acceptors (Lipinski definition) is 4. The minimum atomic E-state index is -0.236. The van der Waals surface area contributed by atoms with Crippen molar-refractivity contribution in [2.75, 3.05) is 5.32 Å². The highest BCUT2D eigenvalue weighted by molar-refractivity contribution is 9.10. The predicted molar refractivity (Wildman–Crippen MR) is 83.3 cm³/mol. The lowest BCUT2D eigenvalue weighted by Crippen LogP contribution is -2.23. The highest BCUT2D eigenvalue weighted by Gasteiger charge is 2.16. The first-order valence-electron chi connectivity index (χ1n) is 6.03. The molecule has 0 amide bonds. The Morgan fingerprint density at radius 2 is 2.15 bits per heavy atom. The molecule has 0 aliphatic carbocycles. The fourth-order valence-electron chi connectivity index (χ4n) is 2.07. The fourth-order valence-corrected chi connectivity index (χ4v) is 2.56. The number of pyridine rings is 1. The molecule has 0 saturated carbocycles. The predicted octanol–water partition coefficient (Wildman–Crippen LogP) is 3.37. The summed E-state index contributed by atoms with van der Waals surface area (Å²) in [5.74, 6) is 0.602. The summed E-state index contributed by atoms with van der Waals surface area (Å²) >= 11 is 9.38. The monoisotopic (exact) mass is 356 g/mol. The topological polar surface area (TPSA) is 70.7 Å². The Hall–Kier alpha value is -1.40. The largest absolute Gasteiger partial charge is 0.376 e. The van der Waals surface area contributed by atoms with Crippen molar-refractivity contribution < 1.29 is 0 Å². The van der Waals surface area contributed by atoms with Crippen LogP contribution in [0.3, 0.4) is 0 Å². The zero-order chi connectivity index (χ0) is 14.9. The van der Waals surface area contributed by atoms with E-state index in [9.17, 15) is 4.79 Å². The van der Waals surface area contributed by atoms with Crippen molar-refractivity contribution in [1.29, 1.82) is 0 Å². The normalized spacial score (nSPS) is 12.2. The molecule has 0 aliphatic rings. The maximum atomic E-state index is 12.1. The number of aromatic nitrogens is 3. The van der Waals surface area contributed by atoms with Crippen molar-refractivity contribution in [3.8, 4) is 0 Å². The van der Waals surface area contributed by atoms with Crippen molar-refractivity contribution in [3.05, 3.63) is 49.3 Å². The highest BCUT2D eigenvalue weighted by atomic mass is 79.9. The summed E-state index contributed by atoms with van der Waals surface area (Å²) < 4.78 is 0.810. The van der Waals surface area contributed by atoms with Gasteiger partial charge in [0, 0.05) is 10.7 Å². The summed E-state index contributed by atoms with van der Waals surface area (Å²) in [5.41, 5.74) is 1.80. The van der Waals surface area contributed by atoms with Gasteiger partial charge in [0.05, 0.1) is 23.0 Å². The van der Waals surface area contributed by atoms with E-state index in [4.69, 9.17) is 11.6 Å². The molecule has 106 valence electrons. The SMILES string of the molecule is Cc1nc(C)c(C(C)Nc2cc(Br)cnc2Cl)c(=O)[nH]1. The Morgan fingerprint density at radius 3 is 2.80 bits per heavy atom. The average Bonchev–Trinajstić information content (AvgIpc) is 2.32. The number of aromatic amines is 1. The standard InChI is InChI=1S/C13H14BrClN4O/c1-6-11(13(20)19-8(3)17-6)7(2)18-10-4-9(14)5-16-12(10)15/h4-5,7,18H,1-3H3,(H,17,19,20). The molecule has 1 unspecified atom stereocenters. The van der Waals surface area contributed by atoms with Gasteiger partial charge in [0.15, 0.2) is 5.15 Å². The molecule has 1 atom stereocenters. The highest BCUT2D eigenvalue weighted by Crippen LogP contribution is 2.26. The lowest BCUT2D eigenvalue weighted by molar-refractivity contribution is 0.813. The molecule has 2 aromatic rings. The summed E-state index contributed by atoms with van der Waals surface area (Å²) in [6, 6.07) is 1.58. The Labute approximate surface area is 129 Å². The number of nitrogens with zero attached hydrogens (tertiary/aromatic N) is 2. The van der Waals surface area contributed by atoms with Crippen molar-refractivity contribution >= 4 is 33.2 Å². The molecule has 2 rings (SSSR count). The van der Waals surface area contributed by atoms with E-state index in [0.29, 0.717) is 27.9 Å². The number of rotatable bonds is 3. The van der Waals surface area contributed by atoms with E-state index in [2.05, 4.69) is 36.2 Å². The summed E-state index contributed by atoms with van der Waals surface area (Å²) in [7, 11) is 0. The quantitative estimate of drug-likeness (QED) is 0.826. The van der Waals surface area contributed by atoms with Crippen LogP contribution >= 0.6 is 27.5 Å². The van der Waals surface area contributed by atoms with Gasteiger partial charge in [-0.3, -0.25) is 4.79 Å². The van der Waals surface area contributed by atoms with E-state index in [0.717, 1.165) is 4.47 Å². The molecule has 0 aliphatic heterocycles. The third-order valence-corrected chi connectivity index (χ3v) is 3.61. The number of halogens is 2. The lowest BCUT2D eigenvalue weighted by Gasteiger charge is -2.17. The maximum absolute atomic E-state index is 12.1. The lowest BCUT2D eigenvalue weighted by atomic mass is 10.1. The molecule has 0 bridgehead atoms. The molecule has 7 heteroatoms. The van der Waals surface area contributed by atoms with E-state index in [-0.39, 0.29) is 11.6 Å². The molecular weight excluding hydrogens is 344 g/mol. The summed E-state index contributed by atoms with van der Waals surface area (Å²) in [5, 5.41) is 3.54. The van der Waals surface area contributed by atoms with Gasteiger partial charge >= 0.3 is 0 Å². The van der Waals surface area contributed by atoms with E-state index in [1.165, 1.54) is 0 Å². The van der Waals surface area contributed by atoms with Crippen LogP contribution in [-0.4, -0.2) is 15.0 Å². The third-order valence-electron chi connectivity index (χ3n) is 2.87. The molecule has 0 saturated heterocycles. The van der Waals surface area contributed by atoms with Crippen LogP contribution in [0.1, 0.15) is 30.0 Å². The molecule has 2 N–H and O–H groups in total. The molecule has 0 radical (unpaired) electrons. The summed E-state index contributed by atoms with van der Waals surface area (Å²) in [6.45, 7) is 5.45. The van der Waals surface area contributed by atoms with Gasteiger partial charge in [-0.25, -0.2) is 9.97 Å². The van der Waals surface area contributed by atoms with Gasteiger partial charge in [0.2, 0.25) is 0 Å². The Bertz CT molecular complexity index is 701. The van der Waals surface area contributed by atoms with E-state index >= 15 is 0 Å². The second-order valence-electron chi connectivity index (χ2n) is 4.51. The van der Waals surface area contributed by atoms with Crippen LogP contribution in [0.2, 0.25) is 5.15 Å². The first kappa shape index (κ1) is 15.0. The van der Waals surface area contributed by atoms with Gasteiger partial charge < -0.3 is 10.3 Å². The second-order valence-corrected chi connectivity index (χ2v) is 5.78. The third kappa shape index (κ3) is 3.19. The van der Waals surface area contributed by atoms with Crippen molar-refractivity contribution in [2.45, 2.75) is 26.8 Å². The Balaban J connectivity index is 2.36. The van der Waals surface area contributed by atoms with Gasteiger partial charge in [0.25, 0.3) is 5.56 Å². The zero-order valence-corrected chi connectivity index (χ0v) is 13.6. The molecule has 0 aromatic carbocycles. The first-order valence-corrected chi connectivity index (χ1v) is 7.20. The van der Waals surface area contributed by atoms with Crippen LogP contribution in [0.15, 0.2) is 21.5 Å². The van der Waals surface area contributed by atoms with Gasteiger partial charge in [-0.15, -0.1) is 0 Å². The van der Waals surface area contributed by atoms with Gasteiger partial charge in [-0.1, -0.05) is 11.6 Å². The second kappa shape index (κ2) is 5.93. The number of anilines is 1. The molecule has 0 fully saturated rings. The number of aryl methyl sites for hydroxylation is 2.